The fraction of sp³-hybridized carbons (Fsp3) is 0.889. The maximum Gasteiger partial charge on any atom is 0.307 e. The molecule has 0 aromatic rings. The minimum Gasteiger partial charge on any atom is -0.458 e. The average molecular weight is 203 g/mol. The average Bonchev–Trinajstić information content (AvgIpc) is 2.04. The fourth-order valence-corrected chi connectivity index (χ4v) is 1.72. The zero-order chi connectivity index (χ0) is 9.73. The molecule has 4 heteroatoms. The third-order valence-corrected chi connectivity index (χ3v) is 2.46. The number of thiol groups is 1. The van der Waals surface area contributed by atoms with E-state index < -0.39 is 0 Å². The molecule has 1 fully saturated rings. The van der Waals surface area contributed by atoms with Gasteiger partial charge in [-0.25, -0.2) is 0 Å². The van der Waals surface area contributed by atoms with Crippen LogP contribution in [0.25, 0.3) is 0 Å². The molecular formula is C9H17NO2S. The van der Waals surface area contributed by atoms with E-state index in [1.807, 2.05) is 6.92 Å². The first kappa shape index (κ1) is 10.9. The van der Waals surface area contributed by atoms with Gasteiger partial charge in [0.05, 0.1) is 6.42 Å². The summed E-state index contributed by atoms with van der Waals surface area (Å²) in [5.74, 6) is 0.420. The molecule has 0 aliphatic carbocycles. The van der Waals surface area contributed by atoms with Gasteiger partial charge in [0.15, 0.2) is 0 Å². The summed E-state index contributed by atoms with van der Waals surface area (Å²) in [5.41, 5.74) is -0.293. The smallest absolute Gasteiger partial charge is 0.307 e. The summed E-state index contributed by atoms with van der Waals surface area (Å²) >= 11 is 3.99. The maximum atomic E-state index is 11.2. The number of rotatable bonds is 3. The Bertz CT molecular complexity index is 178. The lowest BCUT2D eigenvalue weighted by Gasteiger charge is -2.33. The molecule has 3 nitrogen and oxygen atoms in total. The van der Waals surface area contributed by atoms with E-state index in [2.05, 4.69) is 17.9 Å². The third kappa shape index (κ3) is 3.56. The highest BCUT2D eigenvalue weighted by Crippen LogP contribution is 2.20. The van der Waals surface area contributed by atoms with Crippen LogP contribution in [0.15, 0.2) is 0 Å². The molecule has 0 bridgehead atoms. The number of esters is 1. The van der Waals surface area contributed by atoms with E-state index in [4.69, 9.17) is 4.74 Å². The van der Waals surface area contributed by atoms with Crippen LogP contribution in [0.5, 0.6) is 0 Å². The molecule has 1 N–H and O–H groups in total. The molecule has 0 aromatic carbocycles. The molecule has 76 valence electrons. The molecule has 0 saturated carbocycles. The number of piperidine rings is 1. The van der Waals surface area contributed by atoms with Gasteiger partial charge in [0.1, 0.15) is 5.60 Å². The van der Waals surface area contributed by atoms with E-state index in [0.717, 1.165) is 25.9 Å². The molecule has 0 spiro atoms. The van der Waals surface area contributed by atoms with E-state index >= 15 is 0 Å². The lowest BCUT2D eigenvalue weighted by Crippen LogP contribution is -2.46. The van der Waals surface area contributed by atoms with E-state index in [0.29, 0.717) is 12.2 Å². The Morgan fingerprint density at radius 2 is 2.46 bits per heavy atom. The summed E-state index contributed by atoms with van der Waals surface area (Å²) in [7, 11) is 0. The Kier molecular flexibility index (Phi) is 4.06. The van der Waals surface area contributed by atoms with Crippen molar-refractivity contribution in [2.75, 3.05) is 18.8 Å². The van der Waals surface area contributed by atoms with Gasteiger partial charge in [-0.15, -0.1) is 0 Å². The van der Waals surface area contributed by atoms with Crippen LogP contribution in [-0.2, 0) is 9.53 Å². The molecule has 1 atom stereocenters. The molecule has 1 saturated heterocycles. The molecule has 1 unspecified atom stereocenters. The van der Waals surface area contributed by atoms with Crippen LogP contribution in [0.2, 0.25) is 0 Å². The number of carbonyl (C=O) groups is 1. The van der Waals surface area contributed by atoms with Gasteiger partial charge in [-0.3, -0.25) is 4.79 Å². The monoisotopic (exact) mass is 203 g/mol. The Morgan fingerprint density at radius 1 is 1.69 bits per heavy atom. The van der Waals surface area contributed by atoms with Crippen molar-refractivity contribution >= 4 is 18.6 Å². The van der Waals surface area contributed by atoms with E-state index in [1.54, 1.807) is 0 Å². The van der Waals surface area contributed by atoms with Gasteiger partial charge >= 0.3 is 5.97 Å². The highest BCUT2D eigenvalue weighted by molar-refractivity contribution is 7.80. The van der Waals surface area contributed by atoms with Crippen LogP contribution in [0, 0.1) is 0 Å². The molecule has 0 aromatic heterocycles. The molecule has 0 amide bonds. The Morgan fingerprint density at radius 3 is 3.00 bits per heavy atom. The van der Waals surface area contributed by atoms with E-state index in [9.17, 15) is 4.79 Å². The standard InChI is InChI=1S/C9H17NO2S/c1-9(4-2-5-10-7-9)12-8(11)3-6-13/h10,13H,2-7H2,1H3. The van der Waals surface area contributed by atoms with Crippen molar-refractivity contribution in [2.45, 2.75) is 31.8 Å². The van der Waals surface area contributed by atoms with E-state index in [1.165, 1.54) is 0 Å². The third-order valence-electron chi connectivity index (χ3n) is 2.23. The molecule has 1 rings (SSSR count). The molecule has 13 heavy (non-hydrogen) atoms. The lowest BCUT2D eigenvalue weighted by atomic mass is 9.96. The van der Waals surface area contributed by atoms with Gasteiger partial charge in [-0.2, -0.15) is 12.6 Å². The Labute approximate surface area is 84.6 Å². The van der Waals surface area contributed by atoms with Crippen molar-refractivity contribution in [2.24, 2.45) is 0 Å². The summed E-state index contributed by atoms with van der Waals surface area (Å²) in [4.78, 5) is 11.2. The number of hydrogen-bond acceptors (Lipinski definition) is 4. The van der Waals surface area contributed by atoms with Crippen molar-refractivity contribution in [1.82, 2.24) is 5.32 Å². The van der Waals surface area contributed by atoms with Gasteiger partial charge in [0, 0.05) is 12.3 Å². The first-order chi connectivity index (χ1) is 6.16. The largest absolute Gasteiger partial charge is 0.458 e. The maximum absolute atomic E-state index is 11.2. The van der Waals surface area contributed by atoms with Crippen LogP contribution in [-0.4, -0.2) is 30.4 Å². The SMILES string of the molecule is CC1(OC(=O)CCS)CCCNC1. The molecule has 1 heterocycles. The summed E-state index contributed by atoms with van der Waals surface area (Å²) in [6, 6.07) is 0. The second-order valence-electron chi connectivity index (χ2n) is 3.68. The van der Waals surface area contributed by atoms with E-state index in [-0.39, 0.29) is 11.6 Å². The molecule has 1 aliphatic rings. The summed E-state index contributed by atoms with van der Waals surface area (Å²) in [6.07, 6.45) is 2.43. The Balaban J connectivity index is 2.36. The Hall–Kier alpha value is -0.220. The fourth-order valence-electron chi connectivity index (χ4n) is 1.53. The van der Waals surface area contributed by atoms with Gasteiger partial charge < -0.3 is 10.1 Å². The van der Waals surface area contributed by atoms with Crippen LogP contribution in [0.1, 0.15) is 26.2 Å². The van der Waals surface area contributed by atoms with Gasteiger partial charge in [-0.1, -0.05) is 0 Å². The van der Waals surface area contributed by atoms with Crippen molar-refractivity contribution in [1.29, 1.82) is 0 Å². The molecule has 1 aliphatic heterocycles. The second-order valence-corrected chi connectivity index (χ2v) is 4.13. The van der Waals surface area contributed by atoms with Crippen LogP contribution < -0.4 is 5.32 Å². The van der Waals surface area contributed by atoms with Crippen LogP contribution >= 0.6 is 12.6 Å². The van der Waals surface area contributed by atoms with Crippen molar-refractivity contribution in [3.05, 3.63) is 0 Å². The first-order valence-electron chi connectivity index (χ1n) is 4.70. The highest BCUT2D eigenvalue weighted by Gasteiger charge is 2.30. The zero-order valence-electron chi connectivity index (χ0n) is 8.01. The van der Waals surface area contributed by atoms with Crippen LogP contribution in [0.4, 0.5) is 0 Å². The topological polar surface area (TPSA) is 38.3 Å². The highest BCUT2D eigenvalue weighted by atomic mass is 32.1. The predicted octanol–water partition coefficient (Wildman–Crippen LogP) is 0.992. The number of carbonyl (C=O) groups excluding carboxylic acids is 1. The number of nitrogens with one attached hydrogen (secondary N) is 1. The second kappa shape index (κ2) is 4.86. The van der Waals surface area contributed by atoms with Gasteiger partial charge in [0.25, 0.3) is 0 Å². The minimum absolute atomic E-state index is 0.138. The predicted molar refractivity (Wildman–Crippen MR) is 55.1 cm³/mol. The van der Waals surface area contributed by atoms with Gasteiger partial charge in [0.2, 0.25) is 0 Å². The van der Waals surface area contributed by atoms with Crippen LogP contribution in [0.3, 0.4) is 0 Å². The van der Waals surface area contributed by atoms with Crippen molar-refractivity contribution in [3.8, 4) is 0 Å². The normalized spacial score (nSPS) is 28.5. The summed E-state index contributed by atoms with van der Waals surface area (Å²) < 4.78 is 5.37. The lowest BCUT2D eigenvalue weighted by molar-refractivity contribution is -0.159. The minimum atomic E-state index is -0.293. The zero-order valence-corrected chi connectivity index (χ0v) is 8.90. The quantitative estimate of drug-likeness (QED) is 0.531. The van der Waals surface area contributed by atoms with Crippen molar-refractivity contribution in [3.63, 3.8) is 0 Å². The summed E-state index contributed by atoms with van der Waals surface area (Å²) in [5, 5.41) is 3.23. The van der Waals surface area contributed by atoms with Gasteiger partial charge in [-0.05, 0) is 26.3 Å². The molecular weight excluding hydrogens is 186 g/mol. The van der Waals surface area contributed by atoms with Crippen molar-refractivity contribution < 1.29 is 9.53 Å². The number of hydrogen-bond donors (Lipinski definition) is 2. The molecule has 0 radical (unpaired) electrons. The summed E-state index contributed by atoms with van der Waals surface area (Å²) in [6.45, 7) is 3.78. The number of ether oxygens (including phenoxy) is 1. The first-order valence-corrected chi connectivity index (χ1v) is 5.33.